The molecule has 2 aromatic carbocycles. The molecule has 1 aliphatic rings. The van der Waals surface area contributed by atoms with Crippen LogP contribution in [0.25, 0.3) is 11.3 Å². The summed E-state index contributed by atoms with van der Waals surface area (Å²) in [5.74, 6) is 2.26. The van der Waals surface area contributed by atoms with Gasteiger partial charge in [-0.15, -0.1) is 11.3 Å². The molecule has 0 bridgehead atoms. The standard InChI is InChI=1S/C25H28N4O4S/c1-5-26-25-29(27-12-17-6-8-22(23(10-17)31-4)32-13-16(2)3)20(15-34-25)18-7-9-21-19(11-18)28-24(30)14-33-21/h6-12,15-16H,5,13-14H2,1-4H3,(H,28,30). The van der Waals surface area contributed by atoms with Crippen LogP contribution in [0, 0.1) is 5.92 Å². The number of carbonyl (C=O) groups excluding carboxylic acids is 1. The summed E-state index contributed by atoms with van der Waals surface area (Å²) in [7, 11) is 1.63. The lowest BCUT2D eigenvalue weighted by molar-refractivity contribution is -0.118. The Hall–Kier alpha value is -3.59. The number of rotatable bonds is 8. The van der Waals surface area contributed by atoms with Crippen LogP contribution in [-0.4, -0.2) is 43.7 Å². The number of nitrogens with one attached hydrogen (secondary N) is 1. The van der Waals surface area contributed by atoms with Gasteiger partial charge in [-0.25, -0.2) is 4.68 Å². The largest absolute Gasteiger partial charge is 0.493 e. The van der Waals surface area contributed by atoms with E-state index >= 15 is 0 Å². The molecule has 1 aromatic heterocycles. The summed E-state index contributed by atoms with van der Waals surface area (Å²) < 4.78 is 18.6. The fourth-order valence-corrected chi connectivity index (χ4v) is 4.26. The molecular formula is C25H28N4O4S. The number of fused-ring (bicyclic) bond motifs is 1. The summed E-state index contributed by atoms with van der Waals surface area (Å²) in [6.07, 6.45) is 1.77. The first-order valence-electron chi connectivity index (χ1n) is 11.1. The molecular weight excluding hydrogens is 452 g/mol. The minimum atomic E-state index is -0.169. The van der Waals surface area contributed by atoms with Crippen LogP contribution in [0.1, 0.15) is 26.3 Å². The Morgan fingerprint density at radius 2 is 2.09 bits per heavy atom. The number of methoxy groups -OCH3 is 1. The molecule has 0 radical (unpaired) electrons. The van der Waals surface area contributed by atoms with Crippen LogP contribution in [0.5, 0.6) is 17.2 Å². The van der Waals surface area contributed by atoms with Gasteiger partial charge in [0.1, 0.15) is 5.75 Å². The van der Waals surface area contributed by atoms with Gasteiger partial charge in [0.15, 0.2) is 18.1 Å². The van der Waals surface area contributed by atoms with Crippen molar-refractivity contribution < 1.29 is 19.0 Å². The molecule has 34 heavy (non-hydrogen) atoms. The number of hydrogen-bond donors (Lipinski definition) is 1. The molecule has 2 heterocycles. The van der Waals surface area contributed by atoms with Gasteiger partial charge in [-0.1, -0.05) is 13.8 Å². The van der Waals surface area contributed by atoms with Gasteiger partial charge in [-0.3, -0.25) is 9.79 Å². The molecule has 0 aliphatic carbocycles. The molecule has 3 aromatic rings. The fourth-order valence-electron chi connectivity index (χ4n) is 3.36. The van der Waals surface area contributed by atoms with Gasteiger partial charge >= 0.3 is 0 Å². The lowest BCUT2D eigenvalue weighted by Crippen LogP contribution is -2.25. The van der Waals surface area contributed by atoms with E-state index in [-0.39, 0.29) is 12.5 Å². The minimum absolute atomic E-state index is 0.0272. The van der Waals surface area contributed by atoms with Crippen LogP contribution in [-0.2, 0) is 4.79 Å². The molecule has 8 nitrogen and oxygen atoms in total. The van der Waals surface area contributed by atoms with Crippen LogP contribution in [0.15, 0.2) is 51.9 Å². The topological polar surface area (TPSA) is 86.4 Å². The molecule has 4 rings (SSSR count). The van der Waals surface area contributed by atoms with Crippen molar-refractivity contribution in [1.82, 2.24) is 4.68 Å². The molecule has 0 atom stereocenters. The zero-order valence-electron chi connectivity index (χ0n) is 19.7. The second kappa shape index (κ2) is 10.6. The number of ether oxygens (including phenoxy) is 3. The van der Waals surface area contributed by atoms with Gasteiger partial charge in [0, 0.05) is 17.5 Å². The third-order valence-electron chi connectivity index (χ3n) is 4.97. The van der Waals surface area contributed by atoms with Crippen LogP contribution in [0.3, 0.4) is 0 Å². The highest BCUT2D eigenvalue weighted by atomic mass is 32.1. The summed E-state index contributed by atoms with van der Waals surface area (Å²) in [6, 6.07) is 11.4. The molecule has 0 spiro atoms. The zero-order chi connectivity index (χ0) is 24.1. The normalized spacial score (nSPS) is 13.7. The van der Waals surface area contributed by atoms with E-state index in [0.29, 0.717) is 42.0 Å². The first-order chi connectivity index (χ1) is 16.5. The predicted octanol–water partition coefficient (Wildman–Crippen LogP) is 4.39. The highest BCUT2D eigenvalue weighted by Gasteiger charge is 2.18. The highest BCUT2D eigenvalue weighted by Crippen LogP contribution is 2.33. The van der Waals surface area contributed by atoms with E-state index in [1.54, 1.807) is 18.0 Å². The maximum absolute atomic E-state index is 11.7. The average Bonchev–Trinajstić information content (AvgIpc) is 3.23. The van der Waals surface area contributed by atoms with Crippen molar-refractivity contribution in [3.63, 3.8) is 0 Å². The van der Waals surface area contributed by atoms with E-state index in [2.05, 4.69) is 24.2 Å². The molecule has 0 fully saturated rings. The molecule has 178 valence electrons. The molecule has 9 heteroatoms. The van der Waals surface area contributed by atoms with E-state index in [4.69, 9.17) is 19.3 Å². The maximum Gasteiger partial charge on any atom is 0.262 e. The van der Waals surface area contributed by atoms with Gasteiger partial charge in [-0.2, -0.15) is 5.10 Å². The molecule has 0 saturated carbocycles. The van der Waals surface area contributed by atoms with Crippen molar-refractivity contribution in [2.45, 2.75) is 20.8 Å². The number of nitrogens with zero attached hydrogens (tertiary/aromatic N) is 3. The van der Waals surface area contributed by atoms with Crippen molar-refractivity contribution in [3.05, 3.63) is 52.1 Å². The summed E-state index contributed by atoms with van der Waals surface area (Å²) in [4.78, 5) is 17.1. The van der Waals surface area contributed by atoms with Gasteiger partial charge in [0.05, 0.1) is 31.3 Å². The molecule has 1 aliphatic heterocycles. The summed E-state index contributed by atoms with van der Waals surface area (Å²) in [5, 5.41) is 9.59. The van der Waals surface area contributed by atoms with Crippen LogP contribution >= 0.6 is 11.3 Å². The van der Waals surface area contributed by atoms with Gasteiger partial charge < -0.3 is 19.5 Å². The van der Waals surface area contributed by atoms with Crippen LogP contribution in [0.2, 0.25) is 0 Å². The SMILES string of the molecule is CCN=c1scc(-c2ccc3c(c2)NC(=O)CO3)n1N=Cc1ccc(OCC(C)C)c(OC)c1. The lowest BCUT2D eigenvalue weighted by atomic mass is 10.1. The third kappa shape index (κ3) is 5.31. The van der Waals surface area contributed by atoms with Gasteiger partial charge in [0.2, 0.25) is 4.80 Å². The summed E-state index contributed by atoms with van der Waals surface area (Å²) >= 11 is 1.51. The van der Waals surface area contributed by atoms with Crippen LogP contribution < -0.4 is 24.3 Å². The maximum atomic E-state index is 11.7. The van der Waals surface area contributed by atoms with Crippen LogP contribution in [0.4, 0.5) is 5.69 Å². The first-order valence-corrected chi connectivity index (χ1v) is 12.0. The van der Waals surface area contributed by atoms with E-state index in [0.717, 1.165) is 21.6 Å². The Kier molecular flexibility index (Phi) is 7.32. The average molecular weight is 481 g/mol. The number of aromatic nitrogens is 1. The minimum Gasteiger partial charge on any atom is -0.493 e. The van der Waals surface area contributed by atoms with E-state index in [1.165, 1.54) is 11.3 Å². The Labute approximate surface area is 202 Å². The van der Waals surface area contributed by atoms with Crippen molar-refractivity contribution in [1.29, 1.82) is 0 Å². The molecule has 0 unspecified atom stereocenters. The first kappa shape index (κ1) is 23.6. The second-order valence-electron chi connectivity index (χ2n) is 8.10. The number of benzene rings is 2. The van der Waals surface area contributed by atoms with E-state index < -0.39 is 0 Å². The monoisotopic (exact) mass is 480 g/mol. The number of hydrogen-bond acceptors (Lipinski definition) is 7. The van der Waals surface area contributed by atoms with Crippen molar-refractivity contribution in [2.75, 3.05) is 32.2 Å². The van der Waals surface area contributed by atoms with Crippen molar-refractivity contribution in [3.8, 4) is 28.5 Å². The molecule has 1 N–H and O–H groups in total. The lowest BCUT2D eigenvalue weighted by Gasteiger charge is -2.18. The van der Waals surface area contributed by atoms with Gasteiger partial charge in [-0.05, 0) is 54.8 Å². The highest BCUT2D eigenvalue weighted by molar-refractivity contribution is 7.07. The Balaban J connectivity index is 1.67. The quantitative estimate of drug-likeness (QED) is 0.485. The van der Waals surface area contributed by atoms with E-state index in [1.807, 2.05) is 48.7 Å². The molecule has 0 saturated heterocycles. The Morgan fingerprint density at radius 3 is 2.85 bits per heavy atom. The van der Waals surface area contributed by atoms with Crippen molar-refractivity contribution >= 4 is 29.1 Å². The third-order valence-corrected chi connectivity index (χ3v) is 5.82. The molecule has 1 amide bonds. The number of thiazole rings is 1. The predicted molar refractivity (Wildman–Crippen MR) is 134 cm³/mol. The fraction of sp³-hybridized carbons (Fsp3) is 0.320. The number of carbonyl (C=O) groups is 1. The number of amides is 1. The summed E-state index contributed by atoms with van der Waals surface area (Å²) in [6.45, 7) is 7.47. The Morgan fingerprint density at radius 1 is 1.24 bits per heavy atom. The van der Waals surface area contributed by atoms with Crippen molar-refractivity contribution in [2.24, 2.45) is 16.0 Å². The number of anilines is 1. The zero-order valence-corrected chi connectivity index (χ0v) is 20.5. The summed E-state index contributed by atoms with van der Waals surface area (Å²) in [5.41, 5.74) is 3.27. The van der Waals surface area contributed by atoms with E-state index in [9.17, 15) is 4.79 Å². The second-order valence-corrected chi connectivity index (χ2v) is 8.93. The smallest absolute Gasteiger partial charge is 0.262 e. The Bertz CT molecular complexity index is 1280. The van der Waals surface area contributed by atoms with Gasteiger partial charge in [0.25, 0.3) is 5.91 Å².